The number of nitrogens with one attached hydrogen (secondary N) is 2. The third kappa shape index (κ3) is 22.0. The van der Waals surface area contributed by atoms with Gasteiger partial charge in [0.25, 0.3) is 23.6 Å². The first-order chi connectivity index (χ1) is 50.6. The molecule has 107 heavy (non-hydrogen) atoms. The Hall–Kier alpha value is -8.74. The van der Waals surface area contributed by atoms with Crippen molar-refractivity contribution in [3.8, 4) is 23.1 Å². The largest absolute Gasteiger partial charge is 0.491 e. The number of likely N-dealkylation sites (tertiary alicyclic amines) is 1. The zero-order valence-corrected chi connectivity index (χ0v) is 67.9. The number of carbonyl (C=O) groups is 7. The summed E-state index contributed by atoms with van der Waals surface area (Å²) in [5.74, 6) is 2.75. The van der Waals surface area contributed by atoms with Crippen LogP contribution in [0, 0.1) is 45.4 Å². The molecule has 0 spiro atoms. The number of aryl methyl sites for hydroxylation is 5. The molecule has 16 rings (SSSR count). The number of benzene rings is 1. The number of carbonyl (C=O) groups excluding carboxylic acids is 7. The average Bonchev–Trinajstić information content (AvgIpc) is 1.73. The Bertz CT molecular complexity index is 4130. The van der Waals surface area contributed by atoms with Crippen molar-refractivity contribution in [2.24, 2.45) is 25.8 Å². The van der Waals surface area contributed by atoms with Gasteiger partial charge in [-0.1, -0.05) is 75.1 Å². The van der Waals surface area contributed by atoms with Crippen molar-refractivity contribution in [3.63, 3.8) is 0 Å². The molecule has 7 amide bonds. The first-order valence-electron chi connectivity index (χ1n) is 35.9. The van der Waals surface area contributed by atoms with Crippen LogP contribution in [0.4, 0.5) is 0 Å². The van der Waals surface area contributed by atoms with Gasteiger partial charge in [0.2, 0.25) is 23.6 Å². The molecule has 10 aliphatic heterocycles. The Kier molecular flexibility index (Phi) is 28.0. The number of para-hydroxylation sites is 1. The molecule has 5 aromatic heterocycles. The predicted molar refractivity (Wildman–Crippen MR) is 424 cm³/mol. The second-order valence-corrected chi connectivity index (χ2v) is 34.4. The van der Waals surface area contributed by atoms with Crippen LogP contribution in [0.3, 0.4) is 0 Å². The number of thiazole rings is 1. The first-order valence-corrected chi connectivity index (χ1v) is 39.3. The van der Waals surface area contributed by atoms with Crippen molar-refractivity contribution in [3.05, 3.63) is 123 Å². The minimum Gasteiger partial charge on any atom is -0.491 e. The van der Waals surface area contributed by atoms with Crippen molar-refractivity contribution >= 4 is 113 Å². The third-order valence-electron chi connectivity index (χ3n) is 18.6. The molecule has 574 valence electrons. The Labute approximate surface area is 644 Å². The number of fused-ring (bicyclic) bond motifs is 8. The first kappa shape index (κ1) is 82.3. The van der Waals surface area contributed by atoms with Gasteiger partial charge in [-0.05, 0) is 135 Å². The molecule has 0 radical (unpaired) electrons. The third-order valence-corrected chi connectivity index (χ3v) is 23.2. The van der Waals surface area contributed by atoms with E-state index in [1.165, 1.54) is 4.70 Å². The molecule has 30 heteroatoms. The van der Waals surface area contributed by atoms with Crippen LogP contribution in [0.25, 0.3) is 10.2 Å². The minimum atomic E-state index is -0.211. The molecule has 3 saturated heterocycles. The molecule has 15 heterocycles. The molecule has 7 unspecified atom stereocenters. The van der Waals surface area contributed by atoms with Gasteiger partial charge in [0, 0.05) is 103 Å². The van der Waals surface area contributed by atoms with Crippen LogP contribution in [0.5, 0.6) is 23.1 Å². The molecule has 7 atom stereocenters. The molecule has 6 aromatic rings. The minimum absolute atomic E-state index is 0.0231. The maximum absolute atomic E-state index is 12.1. The number of pyridine rings is 4. The van der Waals surface area contributed by atoms with E-state index in [4.69, 9.17) is 18.9 Å². The molecular formula is C77H101N15O11S4. The van der Waals surface area contributed by atoms with E-state index in [1.54, 1.807) is 131 Å². The Morgan fingerprint density at radius 2 is 1.07 bits per heavy atom. The monoisotopic (exact) mass is 1540 g/mol. The molecule has 10 aliphatic rings. The van der Waals surface area contributed by atoms with Crippen LogP contribution >= 0.6 is 46.6 Å². The topological polar surface area (TPSA) is 298 Å². The summed E-state index contributed by atoms with van der Waals surface area (Å²) in [7, 11) is 8.90. The summed E-state index contributed by atoms with van der Waals surface area (Å²) >= 11 is 6.59. The second kappa shape index (κ2) is 36.4. The van der Waals surface area contributed by atoms with E-state index in [2.05, 4.69) is 84.3 Å². The van der Waals surface area contributed by atoms with Crippen molar-refractivity contribution in [1.29, 1.82) is 0 Å². The number of nitrogens with zero attached hydrogens (tertiary/aromatic N) is 13. The van der Waals surface area contributed by atoms with Gasteiger partial charge in [0.15, 0.2) is 17.7 Å². The number of likely N-dealkylation sites (N-methyl/N-ethyl adjacent to an activating group) is 3. The summed E-state index contributed by atoms with van der Waals surface area (Å²) in [5, 5.41) is 10.3. The lowest BCUT2D eigenvalue weighted by atomic mass is 9.86. The zero-order chi connectivity index (χ0) is 77.8. The van der Waals surface area contributed by atoms with Crippen LogP contribution in [0.15, 0.2) is 88.2 Å². The lowest BCUT2D eigenvalue weighted by Crippen LogP contribution is -2.42. The summed E-state index contributed by atoms with van der Waals surface area (Å²) in [6.07, 6.45) is 8.73. The Balaban J connectivity index is 0.000000142. The fraction of sp³-hybridized carbons (Fsp3) is 0.519. The maximum Gasteiger partial charge on any atom is 0.276 e. The summed E-state index contributed by atoms with van der Waals surface area (Å²) in [6.45, 7) is 32.0. The number of hydrogen-bond donors (Lipinski definition) is 2. The smallest absolute Gasteiger partial charge is 0.276 e. The van der Waals surface area contributed by atoms with Gasteiger partial charge in [-0.2, -0.15) is 0 Å². The number of aromatic nitrogens is 5. The van der Waals surface area contributed by atoms with Crippen LogP contribution < -0.4 is 29.6 Å². The van der Waals surface area contributed by atoms with Gasteiger partial charge in [-0.15, -0.1) is 11.3 Å². The van der Waals surface area contributed by atoms with E-state index in [-0.39, 0.29) is 92.3 Å². The molecular weight excluding hydrogens is 1440 g/mol. The number of thioether (sulfide) groups is 3. The number of aliphatic imine (C=N–C) groups is 3. The highest BCUT2D eigenvalue weighted by molar-refractivity contribution is 8.15. The fourth-order valence-corrected chi connectivity index (χ4v) is 17.0. The molecule has 1 aromatic carbocycles. The normalized spacial score (nSPS) is 23.3. The Morgan fingerprint density at radius 3 is 1.72 bits per heavy atom. The molecule has 0 bridgehead atoms. The van der Waals surface area contributed by atoms with E-state index in [0.717, 1.165) is 93.6 Å². The number of ether oxygens (including phenoxy) is 4. The summed E-state index contributed by atoms with van der Waals surface area (Å²) in [5.41, 5.74) is 7.10. The molecule has 0 saturated carbocycles. The number of hydrogen-bond acceptors (Lipinski definition) is 23. The number of rotatable bonds is 0. The quantitative estimate of drug-likeness (QED) is 0.143. The zero-order valence-electron chi connectivity index (χ0n) is 64.6. The van der Waals surface area contributed by atoms with Crippen LogP contribution in [0.1, 0.15) is 150 Å². The van der Waals surface area contributed by atoms with Gasteiger partial charge in [0.05, 0.1) is 73.7 Å². The van der Waals surface area contributed by atoms with Crippen molar-refractivity contribution in [2.75, 3.05) is 94.3 Å². The van der Waals surface area contributed by atoms with Gasteiger partial charge in [-0.25, -0.2) is 15.0 Å². The van der Waals surface area contributed by atoms with Crippen LogP contribution in [-0.2, 0) is 14.4 Å². The van der Waals surface area contributed by atoms with E-state index < -0.39 is 0 Å². The lowest BCUT2D eigenvalue weighted by molar-refractivity contribution is -0.129. The fourth-order valence-electron chi connectivity index (χ4n) is 12.8. The standard InChI is InChI=1S/C11H18N2OS.4C10H12N2O2.C10H16N2OS.C8H12N2OS.C8H7NS/c1-7-12-8-5-11(2,3)6-13(4)10(14)9(8)15-7;1-6-4-9-8(5-11-6)10(13)12(3)7(2)14-9;1-7-5-9-8(6-11-7)10(13)12(2)3-4-14-9;1-7-5-8-9(11-6-7)10(13)12(2)3-4-14-8;1-7-3-4-8-9(11-7)14-6-5-12(2)10(8)13;1-6-12-7-4-10(2,3)5-11-9(13)8(7)14-6;1-5-10-6-3-2-4-9-8(11)7(6)12-5;1-6-9-7-4-2-3-5-8(7)10-6/h8-9H,5-6H2,1-4H3;4-5,7H,1-3H3;2*5-6H,3-4H2,1-2H3;3-4H,5-6H2,1-2H3;7-8H,4-5H2,1-3H3,(H,11,13);6-7H,2-4H2,1H3,(H,9,11);2-5H,1H3. The van der Waals surface area contributed by atoms with Crippen LogP contribution in [-0.4, -0.2) is 240 Å². The summed E-state index contributed by atoms with van der Waals surface area (Å²) in [6, 6.07) is 17.8. The van der Waals surface area contributed by atoms with Crippen LogP contribution in [0.2, 0.25) is 0 Å². The SMILES string of the molecule is CC1=NC2CC(C)(C)CN(C)C(=O)C2S1.CC1=NC2CC(C)(C)CNC(=O)C2S1.CC1=NC2CCCNC(=O)C2S1.Cc1cc2c(cn1)C(=O)N(C)C(C)O2.Cc1cc2c(cn1)C(=O)N(C)CCO2.Cc1ccc2c(n1)OCCN(C)C2=O.Cc1cnc2c(c1)OCCN(C)C2=O.Cc1nc2ccccc2s1. The van der Waals surface area contributed by atoms with Gasteiger partial charge >= 0.3 is 0 Å². The van der Waals surface area contributed by atoms with E-state index in [0.29, 0.717) is 85.0 Å². The van der Waals surface area contributed by atoms with E-state index >= 15 is 0 Å². The lowest BCUT2D eigenvalue weighted by Gasteiger charge is -2.31. The highest BCUT2D eigenvalue weighted by Crippen LogP contribution is 2.40. The van der Waals surface area contributed by atoms with Crippen molar-refractivity contribution in [1.82, 2.24) is 60.1 Å². The molecule has 0 aliphatic carbocycles. The maximum atomic E-state index is 12.1. The highest BCUT2D eigenvalue weighted by Gasteiger charge is 2.44. The summed E-state index contributed by atoms with van der Waals surface area (Å²) < 4.78 is 23.1. The second-order valence-electron chi connectivity index (χ2n) is 29.2. The highest BCUT2D eigenvalue weighted by atomic mass is 32.2. The Morgan fingerprint density at radius 1 is 0.523 bits per heavy atom. The number of amides is 7. The molecule has 26 nitrogen and oxygen atoms in total. The summed E-state index contributed by atoms with van der Waals surface area (Å²) in [4.78, 5) is 125. The van der Waals surface area contributed by atoms with Crippen molar-refractivity contribution < 1.29 is 52.5 Å². The van der Waals surface area contributed by atoms with E-state index in [1.807, 2.05) is 105 Å². The van der Waals surface area contributed by atoms with E-state index in [9.17, 15) is 33.6 Å². The van der Waals surface area contributed by atoms with Gasteiger partial charge in [-0.3, -0.25) is 58.5 Å². The van der Waals surface area contributed by atoms with Gasteiger partial charge in [0.1, 0.15) is 58.2 Å². The van der Waals surface area contributed by atoms with Gasteiger partial charge < -0.3 is 54.1 Å². The van der Waals surface area contributed by atoms with Crippen molar-refractivity contribution in [2.45, 2.75) is 156 Å². The average molecular weight is 1540 g/mol. The predicted octanol–water partition coefficient (Wildman–Crippen LogP) is 10.4. The molecule has 2 N–H and O–H groups in total. The molecule has 3 fully saturated rings.